The lowest BCUT2D eigenvalue weighted by atomic mass is 10.0. The first-order valence-electron chi connectivity index (χ1n) is 10.4. The molecule has 2 N–H and O–H groups in total. The highest BCUT2D eigenvalue weighted by atomic mass is 19.3. The number of halogens is 2. The van der Waals surface area contributed by atoms with Gasteiger partial charge in [-0.3, -0.25) is 9.59 Å². The Balaban J connectivity index is 1.50. The second-order valence-electron chi connectivity index (χ2n) is 8.00. The fraction of sp³-hybridized carbons (Fsp3) is 0.409. The molecule has 2 amide bonds. The van der Waals surface area contributed by atoms with E-state index in [1.165, 1.54) is 18.5 Å². The van der Waals surface area contributed by atoms with Crippen molar-refractivity contribution in [1.82, 2.24) is 14.9 Å². The number of ether oxygens (including phenoxy) is 1. The Morgan fingerprint density at radius 3 is 2.73 bits per heavy atom. The van der Waals surface area contributed by atoms with Gasteiger partial charge in [-0.1, -0.05) is 0 Å². The lowest BCUT2D eigenvalue weighted by Crippen LogP contribution is -2.55. The molecule has 1 aromatic carbocycles. The number of hydrogen-bond acceptors (Lipinski definition) is 7. The molecule has 1 aromatic heterocycles. The summed E-state index contributed by atoms with van der Waals surface area (Å²) in [6.45, 7) is -1.69. The number of aromatic nitrogens is 2. The molecule has 2 aromatic rings. The van der Waals surface area contributed by atoms with Crippen LogP contribution in [0.5, 0.6) is 5.75 Å². The maximum atomic E-state index is 14.6. The standard InChI is InChI=1S/C22H21F2N5O4/c23-22(24)11-29(20(31)10-30)6-5-18(22)33-17-4-3-14(7-15(17)9-25)16-8-19(27-12-26-16)28-21(32)13-1-2-13/h3-4,7-8,12-13,18,30H,1-2,5-6,10-11H2,(H,26,27,28,32)/t18-/m1/s1. The molecule has 2 heterocycles. The second-order valence-corrected chi connectivity index (χ2v) is 8.00. The number of nitriles is 1. The van der Waals surface area contributed by atoms with Crippen LogP contribution in [0.25, 0.3) is 11.3 Å². The van der Waals surface area contributed by atoms with E-state index in [1.54, 1.807) is 12.1 Å². The first-order chi connectivity index (χ1) is 15.8. The van der Waals surface area contributed by atoms with E-state index >= 15 is 0 Å². The number of nitrogens with one attached hydrogen (secondary N) is 1. The van der Waals surface area contributed by atoms with Gasteiger partial charge in [-0.05, 0) is 31.0 Å². The minimum Gasteiger partial charge on any atom is -0.483 e. The third-order valence-electron chi connectivity index (χ3n) is 5.55. The van der Waals surface area contributed by atoms with Gasteiger partial charge in [0.2, 0.25) is 11.8 Å². The normalized spacial score (nSPS) is 19.5. The van der Waals surface area contributed by atoms with Crippen LogP contribution in [-0.4, -0.2) is 63.5 Å². The number of carbonyl (C=O) groups is 2. The molecule has 2 fully saturated rings. The molecule has 1 aliphatic heterocycles. The second kappa shape index (κ2) is 9.07. The number of benzene rings is 1. The van der Waals surface area contributed by atoms with Crippen LogP contribution in [0.4, 0.5) is 14.6 Å². The van der Waals surface area contributed by atoms with Crippen LogP contribution < -0.4 is 10.1 Å². The van der Waals surface area contributed by atoms with Gasteiger partial charge in [-0.2, -0.15) is 5.26 Å². The van der Waals surface area contributed by atoms with Crippen LogP contribution >= 0.6 is 0 Å². The van der Waals surface area contributed by atoms with Gasteiger partial charge in [0.05, 0.1) is 17.8 Å². The molecule has 1 saturated carbocycles. The molecule has 1 atom stereocenters. The molecule has 0 bridgehead atoms. The first kappa shape index (κ1) is 22.5. The topological polar surface area (TPSA) is 128 Å². The number of aliphatic hydroxyl groups excluding tert-OH is 1. The van der Waals surface area contributed by atoms with Crippen molar-refractivity contribution < 1.29 is 28.2 Å². The average Bonchev–Trinajstić information content (AvgIpc) is 3.65. The highest BCUT2D eigenvalue weighted by Crippen LogP contribution is 2.34. The van der Waals surface area contributed by atoms with Gasteiger partial charge in [0.1, 0.15) is 30.6 Å². The highest BCUT2D eigenvalue weighted by Gasteiger charge is 2.47. The number of likely N-dealkylation sites (tertiary alicyclic amines) is 1. The quantitative estimate of drug-likeness (QED) is 0.679. The van der Waals surface area contributed by atoms with Gasteiger partial charge >= 0.3 is 5.92 Å². The van der Waals surface area contributed by atoms with E-state index < -0.39 is 31.1 Å². The number of aliphatic hydroxyl groups is 1. The molecule has 0 unspecified atom stereocenters. The van der Waals surface area contributed by atoms with Crippen molar-refractivity contribution in [3.05, 3.63) is 36.2 Å². The molecule has 0 radical (unpaired) electrons. The molecule has 11 heteroatoms. The van der Waals surface area contributed by atoms with Crippen molar-refractivity contribution in [3.63, 3.8) is 0 Å². The van der Waals surface area contributed by atoms with Gasteiger partial charge in [0.15, 0.2) is 6.10 Å². The molecule has 2 aliphatic rings. The minimum atomic E-state index is -3.35. The number of anilines is 1. The molecular weight excluding hydrogens is 436 g/mol. The monoisotopic (exact) mass is 457 g/mol. The molecule has 1 saturated heterocycles. The van der Waals surface area contributed by atoms with Crippen molar-refractivity contribution in [2.45, 2.75) is 31.3 Å². The summed E-state index contributed by atoms with van der Waals surface area (Å²) in [6.07, 6.45) is 1.32. The largest absolute Gasteiger partial charge is 0.483 e. The Labute approximate surface area is 188 Å². The Morgan fingerprint density at radius 1 is 1.27 bits per heavy atom. The Kier molecular flexibility index (Phi) is 6.20. The smallest absolute Gasteiger partial charge is 0.301 e. The zero-order valence-electron chi connectivity index (χ0n) is 17.5. The third kappa shape index (κ3) is 5.06. The third-order valence-corrected chi connectivity index (χ3v) is 5.55. The minimum absolute atomic E-state index is 0.00983. The number of amides is 2. The van der Waals surface area contributed by atoms with Gasteiger partial charge in [-0.15, -0.1) is 0 Å². The number of piperidine rings is 1. The van der Waals surface area contributed by atoms with Gasteiger partial charge in [0, 0.05) is 30.5 Å². The zero-order chi connectivity index (χ0) is 23.6. The SMILES string of the molecule is N#Cc1cc(-c2cc(NC(=O)C3CC3)ncn2)ccc1O[C@@H]1CCN(C(=O)CO)CC1(F)F. The van der Waals surface area contributed by atoms with E-state index in [2.05, 4.69) is 15.3 Å². The summed E-state index contributed by atoms with van der Waals surface area (Å²) in [4.78, 5) is 32.6. The van der Waals surface area contributed by atoms with Gasteiger partial charge < -0.3 is 20.1 Å². The number of nitrogens with zero attached hydrogens (tertiary/aromatic N) is 4. The Bertz CT molecular complexity index is 1120. The first-order valence-corrected chi connectivity index (χ1v) is 10.4. The van der Waals surface area contributed by atoms with Crippen molar-refractivity contribution in [1.29, 1.82) is 5.26 Å². The maximum absolute atomic E-state index is 14.6. The van der Waals surface area contributed by atoms with Gasteiger partial charge in [0.25, 0.3) is 0 Å². The summed E-state index contributed by atoms with van der Waals surface area (Å²) in [5.41, 5.74) is 1.01. The van der Waals surface area contributed by atoms with E-state index in [9.17, 15) is 23.6 Å². The van der Waals surface area contributed by atoms with Crippen molar-refractivity contribution >= 4 is 17.6 Å². The fourth-order valence-electron chi connectivity index (χ4n) is 3.57. The predicted molar refractivity (Wildman–Crippen MR) is 111 cm³/mol. The molecule has 33 heavy (non-hydrogen) atoms. The lowest BCUT2D eigenvalue weighted by Gasteiger charge is -2.38. The summed E-state index contributed by atoms with van der Waals surface area (Å²) in [6, 6.07) is 7.98. The number of rotatable bonds is 6. The van der Waals surface area contributed by atoms with Crippen LogP contribution in [0.1, 0.15) is 24.8 Å². The lowest BCUT2D eigenvalue weighted by molar-refractivity contribution is -0.161. The van der Waals surface area contributed by atoms with Crippen LogP contribution in [0.3, 0.4) is 0 Å². The molecule has 4 rings (SSSR count). The Morgan fingerprint density at radius 2 is 2.06 bits per heavy atom. The molecule has 9 nitrogen and oxygen atoms in total. The number of hydrogen-bond donors (Lipinski definition) is 2. The molecule has 1 aliphatic carbocycles. The summed E-state index contributed by atoms with van der Waals surface area (Å²) in [5.74, 6) is -3.89. The summed E-state index contributed by atoms with van der Waals surface area (Å²) >= 11 is 0. The molecule has 172 valence electrons. The zero-order valence-corrected chi connectivity index (χ0v) is 17.5. The molecule has 0 spiro atoms. The van der Waals surface area contributed by atoms with Crippen molar-refractivity contribution in [3.8, 4) is 23.1 Å². The fourth-order valence-corrected chi connectivity index (χ4v) is 3.57. The van der Waals surface area contributed by atoms with Crippen molar-refractivity contribution in [2.24, 2.45) is 5.92 Å². The van der Waals surface area contributed by atoms with E-state index in [0.717, 1.165) is 17.7 Å². The Hall–Kier alpha value is -3.65. The summed E-state index contributed by atoms with van der Waals surface area (Å²) in [5, 5.41) is 21.2. The number of alkyl halides is 2. The predicted octanol–water partition coefficient (Wildman–Crippen LogP) is 1.97. The number of carbonyl (C=O) groups excluding carboxylic acids is 2. The van der Waals surface area contributed by atoms with E-state index in [4.69, 9.17) is 9.84 Å². The van der Waals surface area contributed by atoms with Crippen LogP contribution in [0.15, 0.2) is 30.6 Å². The summed E-state index contributed by atoms with van der Waals surface area (Å²) < 4.78 is 34.6. The van der Waals surface area contributed by atoms with E-state index in [1.807, 2.05) is 6.07 Å². The van der Waals surface area contributed by atoms with E-state index in [-0.39, 0.29) is 36.1 Å². The van der Waals surface area contributed by atoms with E-state index in [0.29, 0.717) is 17.1 Å². The van der Waals surface area contributed by atoms with Crippen LogP contribution in [0, 0.1) is 17.2 Å². The summed E-state index contributed by atoms with van der Waals surface area (Å²) in [7, 11) is 0. The van der Waals surface area contributed by atoms with Crippen LogP contribution in [0.2, 0.25) is 0 Å². The molecular formula is C22H21F2N5O4. The average molecular weight is 457 g/mol. The highest BCUT2D eigenvalue weighted by molar-refractivity contribution is 5.93. The van der Waals surface area contributed by atoms with Crippen molar-refractivity contribution in [2.75, 3.05) is 25.0 Å². The van der Waals surface area contributed by atoms with Gasteiger partial charge in [-0.25, -0.2) is 18.7 Å². The maximum Gasteiger partial charge on any atom is 0.301 e. The van der Waals surface area contributed by atoms with Crippen LogP contribution in [-0.2, 0) is 9.59 Å².